The van der Waals surface area contributed by atoms with Gasteiger partial charge < -0.3 is 4.74 Å². The second kappa shape index (κ2) is 6.55. The summed E-state index contributed by atoms with van der Waals surface area (Å²) in [6, 6.07) is 9.44. The lowest BCUT2D eigenvalue weighted by atomic mass is 10.1. The Labute approximate surface area is 103 Å². The molecule has 92 valence electrons. The van der Waals surface area contributed by atoms with E-state index < -0.39 is 0 Å². The number of hydrogen-bond acceptors (Lipinski definition) is 2. The van der Waals surface area contributed by atoms with Crippen molar-refractivity contribution in [3.63, 3.8) is 0 Å². The molecule has 1 aromatic rings. The van der Waals surface area contributed by atoms with Gasteiger partial charge in [-0.2, -0.15) is 0 Å². The molecule has 0 radical (unpaired) electrons. The molecule has 1 aliphatic rings. The maximum Gasteiger partial charge on any atom is 0.165 e. The van der Waals surface area contributed by atoms with Gasteiger partial charge in [-0.15, -0.1) is 0 Å². The molecule has 0 atom stereocenters. The molecule has 0 unspecified atom stereocenters. The first-order valence-corrected chi connectivity index (χ1v) is 6.52. The van der Waals surface area contributed by atoms with Gasteiger partial charge in [0.05, 0.1) is 6.61 Å². The van der Waals surface area contributed by atoms with Crippen LogP contribution in [0.4, 0.5) is 0 Å². The van der Waals surface area contributed by atoms with Crippen LogP contribution in [0.1, 0.15) is 42.5 Å². The zero-order valence-corrected chi connectivity index (χ0v) is 10.2. The predicted octanol–water partition coefficient (Wildman–Crippen LogP) is 3.47. The number of carbonyl (C=O) groups excluding carboxylic acids is 1. The first-order valence-electron chi connectivity index (χ1n) is 6.52. The summed E-state index contributed by atoms with van der Waals surface area (Å²) in [4.78, 5) is 11.8. The van der Waals surface area contributed by atoms with E-state index in [-0.39, 0.29) is 5.78 Å². The van der Waals surface area contributed by atoms with E-state index in [9.17, 15) is 4.79 Å². The normalized spacial score (nSPS) is 16.2. The SMILES string of the molecule is O=C(CCOCC1CCCC1)c1ccccc1. The monoisotopic (exact) mass is 232 g/mol. The minimum atomic E-state index is 0.178. The van der Waals surface area contributed by atoms with Crippen molar-refractivity contribution in [3.8, 4) is 0 Å². The van der Waals surface area contributed by atoms with Crippen LogP contribution < -0.4 is 0 Å². The summed E-state index contributed by atoms with van der Waals surface area (Å²) >= 11 is 0. The van der Waals surface area contributed by atoms with Crippen LogP contribution in [0.25, 0.3) is 0 Å². The van der Waals surface area contributed by atoms with Crippen molar-refractivity contribution >= 4 is 5.78 Å². The van der Waals surface area contributed by atoms with Crippen LogP contribution in [0.15, 0.2) is 30.3 Å². The molecule has 2 nitrogen and oxygen atoms in total. The van der Waals surface area contributed by atoms with Gasteiger partial charge in [0.25, 0.3) is 0 Å². The zero-order valence-electron chi connectivity index (χ0n) is 10.2. The van der Waals surface area contributed by atoms with Crippen LogP contribution in [-0.2, 0) is 4.74 Å². The Kier molecular flexibility index (Phi) is 4.75. The lowest BCUT2D eigenvalue weighted by molar-refractivity contribution is 0.0797. The summed E-state index contributed by atoms with van der Waals surface area (Å²) < 4.78 is 5.59. The fourth-order valence-electron chi connectivity index (χ4n) is 2.36. The van der Waals surface area contributed by atoms with Crippen LogP contribution in [-0.4, -0.2) is 19.0 Å². The van der Waals surface area contributed by atoms with Gasteiger partial charge in [0.15, 0.2) is 5.78 Å². The number of carbonyl (C=O) groups is 1. The van der Waals surface area contributed by atoms with Crippen LogP contribution in [0.2, 0.25) is 0 Å². The molecule has 17 heavy (non-hydrogen) atoms. The van der Waals surface area contributed by atoms with Crippen LogP contribution in [0.3, 0.4) is 0 Å². The summed E-state index contributed by atoms with van der Waals surface area (Å²) in [7, 11) is 0. The molecule has 2 heteroatoms. The van der Waals surface area contributed by atoms with Crippen LogP contribution in [0, 0.1) is 5.92 Å². The lowest BCUT2D eigenvalue weighted by Gasteiger charge is -2.09. The molecule has 2 rings (SSSR count). The highest BCUT2D eigenvalue weighted by Crippen LogP contribution is 2.24. The quantitative estimate of drug-likeness (QED) is 0.554. The van der Waals surface area contributed by atoms with Crippen molar-refractivity contribution in [1.82, 2.24) is 0 Å². The van der Waals surface area contributed by atoms with E-state index in [1.165, 1.54) is 25.7 Å². The molecule has 0 saturated heterocycles. The first kappa shape index (κ1) is 12.3. The van der Waals surface area contributed by atoms with Crippen molar-refractivity contribution in [2.75, 3.05) is 13.2 Å². The average Bonchev–Trinajstić information content (AvgIpc) is 2.88. The van der Waals surface area contributed by atoms with E-state index in [1.807, 2.05) is 30.3 Å². The van der Waals surface area contributed by atoms with Gasteiger partial charge in [-0.05, 0) is 18.8 Å². The molecule has 1 aromatic carbocycles. The van der Waals surface area contributed by atoms with Gasteiger partial charge in [0.2, 0.25) is 0 Å². The van der Waals surface area contributed by atoms with E-state index in [1.54, 1.807) is 0 Å². The molecule has 0 spiro atoms. The summed E-state index contributed by atoms with van der Waals surface area (Å²) in [5.41, 5.74) is 0.789. The molecule has 0 aliphatic heterocycles. The third kappa shape index (κ3) is 3.97. The summed E-state index contributed by atoms with van der Waals surface area (Å²) in [5.74, 6) is 0.916. The smallest absolute Gasteiger partial charge is 0.165 e. The molecule has 0 heterocycles. The number of benzene rings is 1. The highest BCUT2D eigenvalue weighted by atomic mass is 16.5. The number of ketones is 1. The summed E-state index contributed by atoms with van der Waals surface area (Å²) in [6.07, 6.45) is 5.78. The Morgan fingerprint density at radius 1 is 1.18 bits per heavy atom. The number of hydrogen-bond donors (Lipinski definition) is 0. The van der Waals surface area contributed by atoms with E-state index in [2.05, 4.69) is 0 Å². The van der Waals surface area contributed by atoms with Crippen molar-refractivity contribution in [3.05, 3.63) is 35.9 Å². The van der Waals surface area contributed by atoms with Crippen LogP contribution >= 0.6 is 0 Å². The van der Waals surface area contributed by atoms with Gasteiger partial charge in [-0.3, -0.25) is 4.79 Å². The molecular weight excluding hydrogens is 212 g/mol. The molecule has 0 bridgehead atoms. The Morgan fingerprint density at radius 2 is 1.88 bits per heavy atom. The lowest BCUT2D eigenvalue weighted by Crippen LogP contribution is -2.09. The van der Waals surface area contributed by atoms with Gasteiger partial charge in [0.1, 0.15) is 0 Å². The molecule has 1 aliphatic carbocycles. The Hall–Kier alpha value is -1.15. The van der Waals surface area contributed by atoms with E-state index in [4.69, 9.17) is 4.74 Å². The highest BCUT2D eigenvalue weighted by Gasteiger charge is 2.14. The molecule has 1 fully saturated rings. The number of ether oxygens (including phenoxy) is 1. The zero-order chi connectivity index (χ0) is 11.9. The predicted molar refractivity (Wildman–Crippen MR) is 68.2 cm³/mol. The summed E-state index contributed by atoms with van der Waals surface area (Å²) in [6.45, 7) is 1.40. The maximum absolute atomic E-state index is 11.8. The highest BCUT2D eigenvalue weighted by molar-refractivity contribution is 5.96. The minimum absolute atomic E-state index is 0.178. The van der Waals surface area contributed by atoms with E-state index in [0.717, 1.165) is 18.1 Å². The Morgan fingerprint density at radius 3 is 2.59 bits per heavy atom. The summed E-state index contributed by atoms with van der Waals surface area (Å²) in [5, 5.41) is 0. The Balaban J connectivity index is 1.63. The third-order valence-electron chi connectivity index (χ3n) is 3.40. The maximum atomic E-state index is 11.8. The van der Waals surface area contributed by atoms with Crippen LogP contribution in [0.5, 0.6) is 0 Å². The van der Waals surface area contributed by atoms with Crippen molar-refractivity contribution in [1.29, 1.82) is 0 Å². The molecule has 0 aromatic heterocycles. The fraction of sp³-hybridized carbons (Fsp3) is 0.533. The topological polar surface area (TPSA) is 26.3 Å². The largest absolute Gasteiger partial charge is 0.381 e. The number of Topliss-reactive ketones (excluding diaryl/α,β-unsaturated/α-hetero) is 1. The minimum Gasteiger partial charge on any atom is -0.381 e. The van der Waals surface area contributed by atoms with Gasteiger partial charge in [-0.1, -0.05) is 43.2 Å². The first-order chi connectivity index (χ1) is 8.36. The standard InChI is InChI=1S/C15H20O2/c16-15(14-8-2-1-3-9-14)10-11-17-12-13-6-4-5-7-13/h1-3,8-9,13H,4-7,10-12H2. The van der Waals surface area contributed by atoms with Crippen molar-refractivity contribution < 1.29 is 9.53 Å². The molecule has 0 N–H and O–H groups in total. The van der Waals surface area contributed by atoms with E-state index in [0.29, 0.717) is 13.0 Å². The van der Waals surface area contributed by atoms with Crippen molar-refractivity contribution in [2.24, 2.45) is 5.92 Å². The second-order valence-electron chi connectivity index (χ2n) is 4.76. The third-order valence-corrected chi connectivity index (χ3v) is 3.40. The second-order valence-corrected chi connectivity index (χ2v) is 4.76. The van der Waals surface area contributed by atoms with E-state index >= 15 is 0 Å². The van der Waals surface area contributed by atoms with Gasteiger partial charge in [-0.25, -0.2) is 0 Å². The van der Waals surface area contributed by atoms with Gasteiger partial charge >= 0.3 is 0 Å². The van der Waals surface area contributed by atoms with Gasteiger partial charge in [0, 0.05) is 18.6 Å². The Bertz CT molecular complexity index is 339. The molecule has 1 saturated carbocycles. The molecular formula is C15H20O2. The average molecular weight is 232 g/mol. The van der Waals surface area contributed by atoms with Crippen molar-refractivity contribution in [2.45, 2.75) is 32.1 Å². The fourth-order valence-corrected chi connectivity index (χ4v) is 2.36. The molecule has 0 amide bonds. The number of rotatable bonds is 6.